The Balaban J connectivity index is 2.02. The van der Waals surface area contributed by atoms with E-state index in [4.69, 9.17) is 16.7 Å². The van der Waals surface area contributed by atoms with Gasteiger partial charge in [0.2, 0.25) is 0 Å². The molecule has 2 N–H and O–H groups in total. The molecule has 0 heterocycles. The first-order chi connectivity index (χ1) is 9.47. The number of carboxylic acid groups (broad SMARTS) is 1. The second-order valence-corrected chi connectivity index (χ2v) is 6.32. The summed E-state index contributed by atoms with van der Waals surface area (Å²) in [6.45, 7) is 0. The van der Waals surface area contributed by atoms with Crippen LogP contribution in [0.15, 0.2) is 22.7 Å². The number of aliphatic carboxylic acids is 1. The Kier molecular flexibility index (Phi) is 5.05. The van der Waals surface area contributed by atoms with Gasteiger partial charge in [-0.2, -0.15) is 0 Å². The van der Waals surface area contributed by atoms with E-state index < -0.39 is 5.97 Å². The second-order valence-electron chi connectivity index (χ2n) is 5.00. The maximum Gasteiger partial charge on any atom is 0.306 e. The van der Waals surface area contributed by atoms with Crippen LogP contribution >= 0.6 is 27.5 Å². The van der Waals surface area contributed by atoms with Crippen molar-refractivity contribution < 1.29 is 14.7 Å². The number of halogens is 2. The molecule has 1 aromatic rings. The average molecular weight is 361 g/mol. The molecule has 108 valence electrons. The zero-order valence-electron chi connectivity index (χ0n) is 10.7. The van der Waals surface area contributed by atoms with Gasteiger partial charge in [0, 0.05) is 10.5 Å². The number of benzene rings is 1. The highest BCUT2D eigenvalue weighted by Gasteiger charge is 2.28. The SMILES string of the molecule is O=C(NC1CCCC(C(=O)O)C1)c1ccc(Br)cc1Cl. The number of carboxylic acids is 1. The van der Waals surface area contributed by atoms with E-state index >= 15 is 0 Å². The van der Waals surface area contributed by atoms with Crippen LogP contribution in [-0.2, 0) is 4.79 Å². The molecule has 1 aliphatic rings. The predicted octanol–water partition coefficient (Wildman–Crippen LogP) is 3.48. The van der Waals surface area contributed by atoms with Crippen molar-refractivity contribution in [2.75, 3.05) is 0 Å². The van der Waals surface area contributed by atoms with Crippen LogP contribution < -0.4 is 5.32 Å². The quantitative estimate of drug-likeness (QED) is 0.867. The first-order valence-corrected chi connectivity index (χ1v) is 7.63. The molecule has 1 aromatic carbocycles. The molecule has 2 atom stereocenters. The third-order valence-corrected chi connectivity index (χ3v) is 4.34. The smallest absolute Gasteiger partial charge is 0.306 e. The van der Waals surface area contributed by atoms with Gasteiger partial charge in [-0.1, -0.05) is 34.0 Å². The highest BCUT2D eigenvalue weighted by atomic mass is 79.9. The summed E-state index contributed by atoms with van der Waals surface area (Å²) < 4.78 is 0.808. The summed E-state index contributed by atoms with van der Waals surface area (Å²) >= 11 is 9.32. The lowest BCUT2D eigenvalue weighted by Crippen LogP contribution is -2.40. The third kappa shape index (κ3) is 3.73. The number of rotatable bonds is 3. The van der Waals surface area contributed by atoms with Crippen molar-refractivity contribution in [2.45, 2.75) is 31.7 Å². The van der Waals surface area contributed by atoms with Crippen molar-refractivity contribution in [3.05, 3.63) is 33.3 Å². The van der Waals surface area contributed by atoms with Crippen molar-refractivity contribution in [1.82, 2.24) is 5.32 Å². The van der Waals surface area contributed by atoms with Crippen LogP contribution in [0, 0.1) is 5.92 Å². The van der Waals surface area contributed by atoms with Crippen LogP contribution in [0.1, 0.15) is 36.0 Å². The molecule has 6 heteroatoms. The van der Waals surface area contributed by atoms with E-state index in [1.54, 1.807) is 18.2 Å². The minimum absolute atomic E-state index is 0.0999. The number of nitrogens with one attached hydrogen (secondary N) is 1. The van der Waals surface area contributed by atoms with Gasteiger partial charge in [0.25, 0.3) is 5.91 Å². The highest BCUT2D eigenvalue weighted by molar-refractivity contribution is 9.10. The molecule has 1 fully saturated rings. The first-order valence-electron chi connectivity index (χ1n) is 6.46. The van der Waals surface area contributed by atoms with E-state index in [-0.39, 0.29) is 17.9 Å². The summed E-state index contributed by atoms with van der Waals surface area (Å²) in [6.07, 6.45) is 2.79. The van der Waals surface area contributed by atoms with E-state index in [2.05, 4.69) is 21.2 Å². The van der Waals surface area contributed by atoms with Crippen molar-refractivity contribution in [3.8, 4) is 0 Å². The fourth-order valence-electron chi connectivity index (χ4n) is 2.48. The van der Waals surface area contributed by atoms with Gasteiger partial charge in [-0.25, -0.2) is 0 Å². The van der Waals surface area contributed by atoms with Crippen molar-refractivity contribution in [3.63, 3.8) is 0 Å². The molecule has 1 saturated carbocycles. The van der Waals surface area contributed by atoms with Crippen LogP contribution in [0.25, 0.3) is 0 Å². The molecule has 0 aromatic heterocycles. The van der Waals surface area contributed by atoms with Gasteiger partial charge in [-0.05, 0) is 37.5 Å². The lowest BCUT2D eigenvalue weighted by molar-refractivity contribution is -0.143. The van der Waals surface area contributed by atoms with Gasteiger partial charge >= 0.3 is 5.97 Å². The summed E-state index contributed by atoms with van der Waals surface area (Å²) in [6, 6.07) is 4.97. The van der Waals surface area contributed by atoms with Crippen molar-refractivity contribution >= 4 is 39.4 Å². The van der Waals surface area contributed by atoms with E-state index in [1.165, 1.54) is 0 Å². The van der Waals surface area contributed by atoms with Crippen LogP contribution in [0.2, 0.25) is 5.02 Å². The number of carbonyl (C=O) groups is 2. The van der Waals surface area contributed by atoms with Gasteiger partial charge in [0.15, 0.2) is 0 Å². The molecule has 2 unspecified atom stereocenters. The Labute approximate surface area is 130 Å². The molecule has 4 nitrogen and oxygen atoms in total. The first kappa shape index (κ1) is 15.3. The summed E-state index contributed by atoms with van der Waals surface area (Å²) in [4.78, 5) is 23.2. The molecule has 0 radical (unpaired) electrons. The van der Waals surface area contributed by atoms with Crippen molar-refractivity contribution in [1.29, 1.82) is 0 Å². The van der Waals surface area contributed by atoms with E-state index in [1.807, 2.05) is 0 Å². The van der Waals surface area contributed by atoms with Gasteiger partial charge in [0.05, 0.1) is 16.5 Å². The predicted molar refractivity (Wildman–Crippen MR) is 80.0 cm³/mol. The van der Waals surface area contributed by atoms with E-state index in [9.17, 15) is 9.59 Å². The lowest BCUT2D eigenvalue weighted by atomic mass is 9.85. The van der Waals surface area contributed by atoms with E-state index in [0.717, 1.165) is 17.3 Å². The molecule has 0 spiro atoms. The second kappa shape index (κ2) is 6.59. The zero-order chi connectivity index (χ0) is 14.7. The van der Waals surface area contributed by atoms with Gasteiger partial charge in [0.1, 0.15) is 0 Å². The topological polar surface area (TPSA) is 66.4 Å². The molecule has 0 bridgehead atoms. The minimum atomic E-state index is -0.786. The molecule has 20 heavy (non-hydrogen) atoms. The van der Waals surface area contributed by atoms with Gasteiger partial charge in [-0.15, -0.1) is 0 Å². The minimum Gasteiger partial charge on any atom is -0.481 e. The maximum atomic E-state index is 12.2. The van der Waals surface area contributed by atoms with Crippen LogP contribution in [0.5, 0.6) is 0 Å². The van der Waals surface area contributed by atoms with Crippen LogP contribution in [0.4, 0.5) is 0 Å². The highest BCUT2D eigenvalue weighted by Crippen LogP contribution is 2.26. The summed E-state index contributed by atoms with van der Waals surface area (Å²) in [5, 5.41) is 12.3. The maximum absolute atomic E-state index is 12.2. The Morgan fingerprint density at radius 2 is 2.10 bits per heavy atom. The Morgan fingerprint density at radius 1 is 1.35 bits per heavy atom. The molecule has 2 rings (SSSR count). The Morgan fingerprint density at radius 3 is 2.75 bits per heavy atom. The fraction of sp³-hybridized carbons (Fsp3) is 0.429. The largest absolute Gasteiger partial charge is 0.481 e. The summed E-state index contributed by atoms with van der Waals surface area (Å²) in [5.74, 6) is -1.40. The average Bonchev–Trinajstić information content (AvgIpc) is 2.38. The molecule has 0 saturated heterocycles. The number of carbonyl (C=O) groups excluding carboxylic acids is 1. The molecular formula is C14H15BrClNO3. The number of amides is 1. The Hall–Kier alpha value is -1.07. The molecule has 1 amide bonds. The summed E-state index contributed by atoms with van der Waals surface area (Å²) in [5.41, 5.74) is 0.410. The molecule has 0 aliphatic heterocycles. The molecular weight excluding hydrogens is 346 g/mol. The van der Waals surface area contributed by atoms with Crippen LogP contribution in [-0.4, -0.2) is 23.0 Å². The van der Waals surface area contributed by atoms with Crippen LogP contribution in [0.3, 0.4) is 0 Å². The van der Waals surface area contributed by atoms with Gasteiger partial charge < -0.3 is 10.4 Å². The third-order valence-electron chi connectivity index (χ3n) is 3.53. The van der Waals surface area contributed by atoms with E-state index in [0.29, 0.717) is 23.4 Å². The number of hydrogen-bond donors (Lipinski definition) is 2. The van der Waals surface area contributed by atoms with Gasteiger partial charge in [-0.3, -0.25) is 9.59 Å². The summed E-state index contributed by atoms with van der Waals surface area (Å²) in [7, 11) is 0. The standard InChI is InChI=1S/C14H15BrClNO3/c15-9-4-5-11(12(16)7-9)13(18)17-10-3-1-2-8(6-10)14(19)20/h4-5,7-8,10H,1-3,6H2,(H,17,18)(H,19,20). The fourth-order valence-corrected chi connectivity index (χ4v) is 3.24. The molecule has 1 aliphatic carbocycles. The normalized spacial score (nSPS) is 22.3. The lowest BCUT2D eigenvalue weighted by Gasteiger charge is -2.27. The Bertz CT molecular complexity index is 535. The zero-order valence-corrected chi connectivity index (χ0v) is 13.1. The number of hydrogen-bond acceptors (Lipinski definition) is 2. The van der Waals surface area contributed by atoms with Crippen molar-refractivity contribution in [2.24, 2.45) is 5.92 Å². The monoisotopic (exact) mass is 359 g/mol.